The van der Waals surface area contributed by atoms with E-state index in [1.807, 2.05) is 6.20 Å². The van der Waals surface area contributed by atoms with Crippen LogP contribution in [0, 0.1) is 5.92 Å². The van der Waals surface area contributed by atoms with Gasteiger partial charge in [0.2, 0.25) is 5.91 Å². The number of hydrogen-bond donors (Lipinski definition) is 1. The van der Waals surface area contributed by atoms with Gasteiger partial charge in [0.1, 0.15) is 5.82 Å². The van der Waals surface area contributed by atoms with Gasteiger partial charge in [-0.2, -0.15) is 0 Å². The van der Waals surface area contributed by atoms with Gasteiger partial charge in [-0.25, -0.2) is 9.97 Å². The number of likely N-dealkylation sites (tertiary alicyclic amines) is 1. The van der Waals surface area contributed by atoms with Crippen molar-refractivity contribution in [1.29, 1.82) is 0 Å². The summed E-state index contributed by atoms with van der Waals surface area (Å²) in [6.45, 7) is 2.47. The van der Waals surface area contributed by atoms with Crippen LogP contribution in [0.3, 0.4) is 0 Å². The number of hydrogen-bond acceptors (Lipinski definition) is 4. The molecule has 20 heavy (non-hydrogen) atoms. The molecule has 0 atom stereocenters. The lowest BCUT2D eigenvalue weighted by Gasteiger charge is -2.27. The monoisotopic (exact) mass is 274 g/mol. The second kappa shape index (κ2) is 5.87. The van der Waals surface area contributed by atoms with Crippen LogP contribution >= 0.6 is 0 Å². The SMILES string of the molecule is CN1CCC(C(=O)NCc2ncc3c(n2)CCC3)CC1. The third-order valence-corrected chi connectivity index (χ3v) is 4.37. The van der Waals surface area contributed by atoms with Crippen molar-refractivity contribution in [2.75, 3.05) is 20.1 Å². The minimum absolute atomic E-state index is 0.153. The van der Waals surface area contributed by atoms with E-state index in [-0.39, 0.29) is 11.8 Å². The van der Waals surface area contributed by atoms with Crippen molar-refractivity contribution in [3.63, 3.8) is 0 Å². The van der Waals surface area contributed by atoms with E-state index < -0.39 is 0 Å². The van der Waals surface area contributed by atoms with Crippen molar-refractivity contribution < 1.29 is 4.79 Å². The van der Waals surface area contributed by atoms with E-state index in [2.05, 4.69) is 27.2 Å². The maximum Gasteiger partial charge on any atom is 0.223 e. The average molecular weight is 274 g/mol. The molecule has 2 heterocycles. The Hall–Kier alpha value is -1.49. The van der Waals surface area contributed by atoms with E-state index >= 15 is 0 Å². The van der Waals surface area contributed by atoms with Gasteiger partial charge in [0.05, 0.1) is 6.54 Å². The van der Waals surface area contributed by atoms with Crippen LogP contribution in [0.15, 0.2) is 6.20 Å². The summed E-state index contributed by atoms with van der Waals surface area (Å²) in [6, 6.07) is 0. The Kier molecular flexibility index (Phi) is 3.96. The fourth-order valence-electron chi connectivity index (χ4n) is 3.02. The van der Waals surface area contributed by atoms with Gasteiger partial charge in [-0.3, -0.25) is 4.79 Å². The molecule has 1 N–H and O–H groups in total. The summed E-state index contributed by atoms with van der Waals surface area (Å²) in [7, 11) is 2.10. The number of amides is 1. The number of aryl methyl sites for hydroxylation is 2. The normalized spacial score (nSPS) is 19.9. The Morgan fingerprint density at radius 2 is 2.20 bits per heavy atom. The first kappa shape index (κ1) is 13.5. The number of piperidine rings is 1. The van der Waals surface area contributed by atoms with Crippen LogP contribution in [0.4, 0.5) is 0 Å². The Morgan fingerprint density at radius 3 is 3.00 bits per heavy atom. The Labute approximate surface area is 119 Å². The topological polar surface area (TPSA) is 58.1 Å². The minimum Gasteiger partial charge on any atom is -0.349 e. The molecule has 1 saturated heterocycles. The van der Waals surface area contributed by atoms with Gasteiger partial charge in [0, 0.05) is 17.8 Å². The van der Waals surface area contributed by atoms with Crippen molar-refractivity contribution in [2.24, 2.45) is 5.92 Å². The third-order valence-electron chi connectivity index (χ3n) is 4.37. The maximum atomic E-state index is 12.1. The molecular formula is C15H22N4O. The molecule has 0 unspecified atom stereocenters. The van der Waals surface area contributed by atoms with Gasteiger partial charge < -0.3 is 10.2 Å². The number of nitrogens with zero attached hydrogens (tertiary/aromatic N) is 3. The summed E-state index contributed by atoms with van der Waals surface area (Å²) in [4.78, 5) is 23.3. The number of rotatable bonds is 3. The quantitative estimate of drug-likeness (QED) is 0.890. The molecule has 1 aliphatic heterocycles. The third kappa shape index (κ3) is 2.98. The van der Waals surface area contributed by atoms with Crippen LogP contribution in [-0.4, -0.2) is 40.9 Å². The Balaban J connectivity index is 1.53. The highest BCUT2D eigenvalue weighted by Crippen LogP contribution is 2.19. The summed E-state index contributed by atoms with van der Waals surface area (Å²) in [5, 5.41) is 2.99. The average Bonchev–Trinajstić information content (AvgIpc) is 2.93. The van der Waals surface area contributed by atoms with Crippen molar-refractivity contribution in [1.82, 2.24) is 20.2 Å². The number of carbonyl (C=O) groups is 1. The number of fused-ring (bicyclic) bond motifs is 1. The summed E-state index contributed by atoms with van der Waals surface area (Å²) in [6.07, 6.45) is 7.15. The molecule has 0 saturated carbocycles. The zero-order valence-electron chi connectivity index (χ0n) is 12.1. The Morgan fingerprint density at radius 1 is 1.40 bits per heavy atom. The fourth-order valence-corrected chi connectivity index (χ4v) is 3.02. The lowest BCUT2D eigenvalue weighted by atomic mass is 9.96. The number of carbonyl (C=O) groups excluding carboxylic acids is 1. The van der Waals surface area contributed by atoms with Crippen LogP contribution in [0.2, 0.25) is 0 Å². The molecule has 3 rings (SSSR count). The number of aromatic nitrogens is 2. The van der Waals surface area contributed by atoms with Crippen molar-refractivity contribution >= 4 is 5.91 Å². The van der Waals surface area contributed by atoms with E-state index in [1.165, 1.54) is 17.7 Å². The molecule has 0 radical (unpaired) electrons. The second-order valence-electron chi connectivity index (χ2n) is 5.91. The van der Waals surface area contributed by atoms with Gasteiger partial charge in [-0.05, 0) is 57.8 Å². The van der Waals surface area contributed by atoms with Crippen LogP contribution in [0.5, 0.6) is 0 Å². The molecular weight excluding hydrogens is 252 g/mol. The highest BCUT2D eigenvalue weighted by Gasteiger charge is 2.23. The predicted octanol–water partition coefficient (Wildman–Crippen LogP) is 0.923. The smallest absolute Gasteiger partial charge is 0.223 e. The van der Waals surface area contributed by atoms with Crippen LogP contribution in [0.25, 0.3) is 0 Å². The molecule has 0 spiro atoms. The minimum atomic E-state index is 0.153. The standard InChI is InChI=1S/C15H22N4O/c1-19-7-5-11(6-8-19)15(20)17-10-14-16-9-12-3-2-4-13(12)18-14/h9,11H,2-8,10H2,1H3,(H,17,20). The molecule has 1 aromatic rings. The maximum absolute atomic E-state index is 12.1. The highest BCUT2D eigenvalue weighted by molar-refractivity contribution is 5.78. The van der Waals surface area contributed by atoms with Gasteiger partial charge in [-0.15, -0.1) is 0 Å². The summed E-state index contributed by atoms with van der Waals surface area (Å²) in [5.74, 6) is 1.05. The molecule has 0 bridgehead atoms. The second-order valence-corrected chi connectivity index (χ2v) is 5.91. The first-order valence-electron chi connectivity index (χ1n) is 7.52. The van der Waals surface area contributed by atoms with Gasteiger partial charge in [0.25, 0.3) is 0 Å². The van der Waals surface area contributed by atoms with E-state index in [4.69, 9.17) is 0 Å². The first-order chi connectivity index (χ1) is 9.72. The van der Waals surface area contributed by atoms with Gasteiger partial charge in [0.15, 0.2) is 0 Å². The molecule has 1 amide bonds. The summed E-state index contributed by atoms with van der Waals surface area (Å²) < 4.78 is 0. The van der Waals surface area contributed by atoms with E-state index in [1.54, 1.807) is 0 Å². The molecule has 108 valence electrons. The molecule has 5 nitrogen and oxygen atoms in total. The van der Waals surface area contributed by atoms with E-state index in [0.717, 1.165) is 44.6 Å². The highest BCUT2D eigenvalue weighted by atomic mass is 16.1. The summed E-state index contributed by atoms with van der Waals surface area (Å²) in [5.41, 5.74) is 2.44. The van der Waals surface area contributed by atoms with E-state index in [0.29, 0.717) is 6.54 Å². The fraction of sp³-hybridized carbons (Fsp3) is 0.667. The van der Waals surface area contributed by atoms with Crippen molar-refractivity contribution in [3.8, 4) is 0 Å². The van der Waals surface area contributed by atoms with Crippen molar-refractivity contribution in [2.45, 2.75) is 38.6 Å². The molecule has 1 aliphatic carbocycles. The lowest BCUT2D eigenvalue weighted by Crippen LogP contribution is -2.38. The zero-order valence-corrected chi connectivity index (χ0v) is 12.1. The van der Waals surface area contributed by atoms with Gasteiger partial charge in [-0.1, -0.05) is 0 Å². The van der Waals surface area contributed by atoms with Crippen molar-refractivity contribution in [3.05, 3.63) is 23.3 Å². The number of nitrogens with one attached hydrogen (secondary N) is 1. The molecule has 1 fully saturated rings. The molecule has 1 aromatic heterocycles. The predicted molar refractivity (Wildman–Crippen MR) is 76.1 cm³/mol. The molecule has 2 aliphatic rings. The molecule has 0 aromatic carbocycles. The van der Waals surface area contributed by atoms with Gasteiger partial charge >= 0.3 is 0 Å². The lowest BCUT2D eigenvalue weighted by molar-refractivity contribution is -0.126. The summed E-state index contributed by atoms with van der Waals surface area (Å²) >= 11 is 0. The zero-order chi connectivity index (χ0) is 13.9. The van der Waals surface area contributed by atoms with Crippen LogP contribution < -0.4 is 5.32 Å². The largest absolute Gasteiger partial charge is 0.349 e. The van der Waals surface area contributed by atoms with Crippen LogP contribution in [0.1, 0.15) is 36.3 Å². The Bertz CT molecular complexity index is 495. The van der Waals surface area contributed by atoms with E-state index in [9.17, 15) is 4.79 Å². The first-order valence-corrected chi connectivity index (χ1v) is 7.52. The molecule has 5 heteroatoms. The van der Waals surface area contributed by atoms with Crippen LogP contribution in [-0.2, 0) is 24.2 Å².